The van der Waals surface area contributed by atoms with Crippen LogP contribution in [0.5, 0.6) is 0 Å². The molecule has 0 saturated heterocycles. The molecule has 1 N–H and O–H groups in total. The second-order valence-corrected chi connectivity index (χ2v) is 4.55. The first-order chi connectivity index (χ1) is 8.58. The Kier molecular flexibility index (Phi) is 3.61. The molecule has 0 spiro atoms. The quantitative estimate of drug-likeness (QED) is 0.858. The summed E-state index contributed by atoms with van der Waals surface area (Å²) in [6, 6.07) is 3.66. The largest absolute Gasteiger partial charge is 0.478 e. The summed E-state index contributed by atoms with van der Waals surface area (Å²) < 4.78 is 18.0. The van der Waals surface area contributed by atoms with E-state index in [9.17, 15) is 9.18 Å². The van der Waals surface area contributed by atoms with E-state index < -0.39 is 11.8 Å². The summed E-state index contributed by atoms with van der Waals surface area (Å²) in [5.74, 6) is -1.18. The lowest BCUT2D eigenvalue weighted by Gasteiger charge is -2.03. The number of benzene rings is 1. The van der Waals surface area contributed by atoms with Crippen molar-refractivity contribution in [2.75, 3.05) is 0 Å². The van der Waals surface area contributed by atoms with Gasteiger partial charge in [-0.1, -0.05) is 10.3 Å². The Bertz CT molecular complexity index is 585. The summed E-state index contributed by atoms with van der Waals surface area (Å²) in [6.07, 6.45) is 0. The van der Waals surface area contributed by atoms with Crippen LogP contribution >= 0.6 is 11.8 Å². The van der Waals surface area contributed by atoms with Crippen LogP contribution in [0.25, 0.3) is 0 Å². The summed E-state index contributed by atoms with van der Waals surface area (Å²) in [4.78, 5) is 11.0. The minimum Gasteiger partial charge on any atom is -0.478 e. The highest BCUT2D eigenvalue weighted by atomic mass is 32.2. The maximum Gasteiger partial charge on any atom is 0.335 e. The third-order valence-corrected chi connectivity index (χ3v) is 3.33. The van der Waals surface area contributed by atoms with Crippen molar-refractivity contribution in [1.82, 2.24) is 10.3 Å². The second kappa shape index (κ2) is 5.18. The first kappa shape index (κ1) is 12.6. The summed E-state index contributed by atoms with van der Waals surface area (Å²) >= 11 is 1.15. The molecule has 18 heavy (non-hydrogen) atoms. The molecule has 94 valence electrons. The molecule has 0 aliphatic heterocycles. The predicted octanol–water partition coefficient (Wildman–Crippen LogP) is 2.51. The van der Waals surface area contributed by atoms with Crippen LogP contribution in [-0.2, 0) is 5.75 Å². The highest BCUT2D eigenvalue weighted by Crippen LogP contribution is 2.26. The number of hydrogen-bond acceptors (Lipinski definition) is 5. The molecule has 1 aromatic carbocycles. The minimum absolute atomic E-state index is 0.0499. The van der Waals surface area contributed by atoms with Gasteiger partial charge >= 0.3 is 5.97 Å². The third-order valence-electron chi connectivity index (χ3n) is 2.29. The fourth-order valence-electron chi connectivity index (χ4n) is 1.27. The maximum absolute atomic E-state index is 13.5. The van der Waals surface area contributed by atoms with E-state index in [0.29, 0.717) is 17.1 Å². The average molecular weight is 268 g/mol. The van der Waals surface area contributed by atoms with Crippen LogP contribution in [0.2, 0.25) is 0 Å². The van der Waals surface area contributed by atoms with Gasteiger partial charge in [0.15, 0.2) is 0 Å². The van der Waals surface area contributed by atoms with Crippen molar-refractivity contribution in [1.29, 1.82) is 0 Å². The van der Waals surface area contributed by atoms with Gasteiger partial charge in [0.1, 0.15) is 17.2 Å². The van der Waals surface area contributed by atoms with Crippen LogP contribution in [-0.4, -0.2) is 21.4 Å². The number of halogens is 1. The van der Waals surface area contributed by atoms with Crippen molar-refractivity contribution in [3.05, 3.63) is 41.0 Å². The Hall–Kier alpha value is -1.89. The number of aromatic nitrogens is 2. The summed E-state index contributed by atoms with van der Waals surface area (Å²) in [5, 5.41) is 16.1. The Labute approximate surface area is 106 Å². The second-order valence-electron chi connectivity index (χ2n) is 3.54. The van der Waals surface area contributed by atoms with Crippen LogP contribution < -0.4 is 0 Å². The molecule has 0 fully saturated rings. The number of thioether (sulfide) groups is 1. The highest BCUT2D eigenvalue weighted by molar-refractivity contribution is 7.98. The van der Waals surface area contributed by atoms with Gasteiger partial charge in [-0.2, -0.15) is 0 Å². The van der Waals surface area contributed by atoms with Crippen LogP contribution in [0.15, 0.2) is 27.7 Å². The summed E-state index contributed by atoms with van der Waals surface area (Å²) in [6.45, 7) is 1.73. The number of aryl methyl sites for hydroxylation is 1. The van der Waals surface area contributed by atoms with Crippen molar-refractivity contribution < 1.29 is 18.9 Å². The van der Waals surface area contributed by atoms with Gasteiger partial charge < -0.3 is 5.11 Å². The lowest BCUT2D eigenvalue weighted by molar-refractivity contribution is 0.0696. The SMILES string of the molecule is Cc1nonc1CSc1cc(C(=O)O)ccc1F. The molecule has 0 unspecified atom stereocenters. The van der Waals surface area contributed by atoms with Crippen molar-refractivity contribution in [2.45, 2.75) is 17.6 Å². The zero-order valence-corrected chi connectivity index (χ0v) is 10.2. The van der Waals surface area contributed by atoms with Gasteiger partial charge in [0.25, 0.3) is 0 Å². The molecule has 0 aliphatic rings. The number of carboxylic acids is 1. The normalized spacial score (nSPS) is 10.6. The Morgan fingerprint density at radius 2 is 2.28 bits per heavy atom. The molecular weight excluding hydrogens is 259 g/mol. The van der Waals surface area contributed by atoms with E-state index in [1.54, 1.807) is 6.92 Å². The smallest absolute Gasteiger partial charge is 0.335 e. The van der Waals surface area contributed by atoms with E-state index >= 15 is 0 Å². The Morgan fingerprint density at radius 3 is 2.89 bits per heavy atom. The fourth-order valence-corrected chi connectivity index (χ4v) is 2.24. The molecule has 1 aromatic heterocycles. The van der Waals surface area contributed by atoms with Crippen molar-refractivity contribution in [3.8, 4) is 0 Å². The van der Waals surface area contributed by atoms with Crippen LogP contribution in [0.4, 0.5) is 4.39 Å². The molecule has 2 rings (SSSR count). The van der Waals surface area contributed by atoms with Gasteiger partial charge in [-0.3, -0.25) is 0 Å². The van der Waals surface area contributed by atoms with E-state index in [1.165, 1.54) is 12.1 Å². The van der Waals surface area contributed by atoms with Gasteiger partial charge in [-0.05, 0) is 25.1 Å². The van der Waals surface area contributed by atoms with Crippen molar-refractivity contribution in [3.63, 3.8) is 0 Å². The molecule has 7 heteroatoms. The molecular formula is C11H9FN2O3S. The molecule has 0 radical (unpaired) electrons. The molecule has 0 aliphatic carbocycles. The van der Waals surface area contributed by atoms with Crippen molar-refractivity contribution >= 4 is 17.7 Å². The van der Waals surface area contributed by atoms with Gasteiger partial charge in [-0.25, -0.2) is 13.8 Å². The minimum atomic E-state index is -1.09. The average Bonchev–Trinajstić information content (AvgIpc) is 2.73. The molecule has 5 nitrogen and oxygen atoms in total. The summed E-state index contributed by atoms with van der Waals surface area (Å²) in [5.41, 5.74) is 1.30. The first-order valence-corrected chi connectivity index (χ1v) is 6.00. The Morgan fingerprint density at radius 1 is 1.50 bits per heavy atom. The molecule has 0 bridgehead atoms. The lowest BCUT2D eigenvalue weighted by Crippen LogP contribution is -1.97. The number of aromatic carboxylic acids is 1. The van der Waals surface area contributed by atoms with Gasteiger partial charge in [0, 0.05) is 10.6 Å². The van der Waals surface area contributed by atoms with E-state index in [2.05, 4.69) is 14.9 Å². The van der Waals surface area contributed by atoms with Crippen molar-refractivity contribution in [2.24, 2.45) is 0 Å². The fraction of sp³-hybridized carbons (Fsp3) is 0.182. The number of carbonyl (C=O) groups is 1. The monoisotopic (exact) mass is 268 g/mol. The molecule has 0 atom stereocenters. The lowest BCUT2D eigenvalue weighted by atomic mass is 10.2. The summed E-state index contributed by atoms with van der Waals surface area (Å²) in [7, 11) is 0. The van der Waals surface area contributed by atoms with Crippen LogP contribution in [0, 0.1) is 12.7 Å². The Balaban J connectivity index is 2.16. The van der Waals surface area contributed by atoms with Crippen LogP contribution in [0.3, 0.4) is 0 Å². The predicted molar refractivity (Wildman–Crippen MR) is 62.0 cm³/mol. The van der Waals surface area contributed by atoms with E-state index in [4.69, 9.17) is 5.11 Å². The number of hydrogen-bond donors (Lipinski definition) is 1. The molecule has 2 aromatic rings. The third kappa shape index (κ3) is 2.67. The highest BCUT2D eigenvalue weighted by Gasteiger charge is 2.11. The zero-order valence-electron chi connectivity index (χ0n) is 9.38. The van der Waals surface area contributed by atoms with Crippen LogP contribution in [0.1, 0.15) is 21.7 Å². The zero-order chi connectivity index (χ0) is 13.1. The van der Waals surface area contributed by atoms with E-state index in [1.807, 2.05) is 0 Å². The van der Waals surface area contributed by atoms with Gasteiger partial charge in [0.2, 0.25) is 0 Å². The molecule has 1 heterocycles. The topological polar surface area (TPSA) is 76.2 Å². The maximum atomic E-state index is 13.5. The van der Waals surface area contributed by atoms with E-state index in [0.717, 1.165) is 17.8 Å². The molecule has 0 saturated carbocycles. The number of rotatable bonds is 4. The first-order valence-electron chi connectivity index (χ1n) is 5.01. The molecule has 0 amide bonds. The van der Waals surface area contributed by atoms with Gasteiger partial charge in [0.05, 0.1) is 5.56 Å². The number of carboxylic acid groups (broad SMARTS) is 1. The standard InChI is InChI=1S/C11H9FN2O3S/c1-6-9(14-17-13-6)5-18-10-4-7(11(15)16)2-3-8(10)12/h2-4H,5H2,1H3,(H,15,16). The number of nitrogens with zero attached hydrogens (tertiary/aromatic N) is 2. The van der Waals surface area contributed by atoms with Gasteiger partial charge in [-0.15, -0.1) is 11.8 Å². The van der Waals surface area contributed by atoms with E-state index in [-0.39, 0.29) is 10.5 Å².